The van der Waals surface area contributed by atoms with Crippen molar-refractivity contribution in [3.05, 3.63) is 30.3 Å². The number of hydrogen-bond donors (Lipinski definition) is 0. The molecule has 0 aliphatic rings. The number of hydrogen-bond acceptors (Lipinski definition) is 2. The van der Waals surface area contributed by atoms with Gasteiger partial charge in [0.2, 0.25) is 6.41 Å². The standard InChI is InChI=1S/C8H6ClNO2/c9-8(12)10(6-11)7-4-2-1-3-5-7/h1-6H. The predicted molar refractivity (Wildman–Crippen MR) is 46.2 cm³/mol. The van der Waals surface area contributed by atoms with E-state index >= 15 is 0 Å². The summed E-state index contributed by atoms with van der Waals surface area (Å²) in [5, 5.41) is -0.809. The quantitative estimate of drug-likeness (QED) is 0.400. The molecule has 1 aromatic rings. The van der Waals surface area contributed by atoms with Gasteiger partial charge >= 0.3 is 5.37 Å². The summed E-state index contributed by atoms with van der Waals surface area (Å²) < 4.78 is 0. The summed E-state index contributed by atoms with van der Waals surface area (Å²) in [5.41, 5.74) is 0.465. The van der Waals surface area contributed by atoms with Crippen molar-refractivity contribution in [1.29, 1.82) is 0 Å². The van der Waals surface area contributed by atoms with Crippen LogP contribution in [-0.4, -0.2) is 11.8 Å². The molecule has 0 aliphatic carbocycles. The maximum atomic E-state index is 10.6. The zero-order valence-corrected chi connectivity index (χ0v) is 6.86. The number of imide groups is 1. The SMILES string of the molecule is O=CN(C(=O)Cl)c1ccccc1. The molecule has 0 atom stereocenters. The van der Waals surface area contributed by atoms with E-state index in [1.54, 1.807) is 30.3 Å². The van der Waals surface area contributed by atoms with E-state index in [9.17, 15) is 9.59 Å². The highest BCUT2D eigenvalue weighted by Gasteiger charge is 2.10. The van der Waals surface area contributed by atoms with Crippen molar-refractivity contribution in [2.24, 2.45) is 0 Å². The predicted octanol–water partition coefficient (Wildman–Crippen LogP) is 2.01. The van der Waals surface area contributed by atoms with E-state index in [1.807, 2.05) is 0 Å². The molecule has 0 saturated heterocycles. The molecule has 3 nitrogen and oxygen atoms in total. The van der Waals surface area contributed by atoms with Crippen LogP contribution in [0.5, 0.6) is 0 Å². The van der Waals surface area contributed by atoms with Crippen LogP contribution in [-0.2, 0) is 4.79 Å². The van der Waals surface area contributed by atoms with E-state index in [0.29, 0.717) is 12.1 Å². The lowest BCUT2D eigenvalue weighted by Crippen LogP contribution is -2.23. The van der Waals surface area contributed by atoms with Gasteiger partial charge in [0.1, 0.15) is 0 Å². The molecule has 0 unspecified atom stereocenters. The van der Waals surface area contributed by atoms with Crippen LogP contribution in [0, 0.1) is 0 Å². The first kappa shape index (κ1) is 8.74. The van der Waals surface area contributed by atoms with Gasteiger partial charge in [-0.1, -0.05) is 18.2 Å². The number of nitrogens with zero attached hydrogens (tertiary/aromatic N) is 1. The highest BCUT2D eigenvalue weighted by molar-refractivity contribution is 6.67. The summed E-state index contributed by atoms with van der Waals surface area (Å²) in [6, 6.07) is 8.45. The first-order valence-electron chi connectivity index (χ1n) is 3.24. The molecule has 2 amide bonds. The van der Waals surface area contributed by atoms with Crippen LogP contribution in [0.15, 0.2) is 30.3 Å². The second-order valence-electron chi connectivity index (χ2n) is 2.06. The first-order valence-corrected chi connectivity index (χ1v) is 3.62. The van der Waals surface area contributed by atoms with Crippen molar-refractivity contribution in [1.82, 2.24) is 0 Å². The van der Waals surface area contributed by atoms with E-state index in [1.165, 1.54) is 0 Å². The highest BCUT2D eigenvalue weighted by Crippen LogP contribution is 2.12. The Balaban J connectivity index is 2.95. The van der Waals surface area contributed by atoms with Crippen molar-refractivity contribution < 1.29 is 9.59 Å². The van der Waals surface area contributed by atoms with Gasteiger partial charge in [-0.15, -0.1) is 0 Å². The van der Waals surface area contributed by atoms with Gasteiger partial charge in [0.15, 0.2) is 0 Å². The number of halogens is 1. The lowest BCUT2D eigenvalue weighted by atomic mass is 10.3. The second kappa shape index (κ2) is 3.88. The first-order chi connectivity index (χ1) is 5.75. The molecule has 0 spiro atoms. The third kappa shape index (κ3) is 1.83. The van der Waals surface area contributed by atoms with Crippen molar-refractivity contribution in [2.75, 3.05) is 4.90 Å². The Bertz CT molecular complexity index is 286. The number of amides is 2. The largest absolute Gasteiger partial charge is 0.327 e. The van der Waals surface area contributed by atoms with E-state index < -0.39 is 5.37 Å². The number of carbonyl (C=O) groups excluding carboxylic acids is 2. The number of anilines is 1. The summed E-state index contributed by atoms with van der Waals surface area (Å²) in [6.45, 7) is 0. The number of benzene rings is 1. The summed E-state index contributed by atoms with van der Waals surface area (Å²) in [6.07, 6.45) is 0.380. The minimum atomic E-state index is -0.809. The molecular weight excluding hydrogens is 178 g/mol. The average molecular weight is 184 g/mol. The van der Waals surface area contributed by atoms with E-state index in [4.69, 9.17) is 11.6 Å². The molecule has 0 N–H and O–H groups in total. The normalized spacial score (nSPS) is 9.08. The molecule has 0 bridgehead atoms. The number of rotatable bonds is 2. The molecular formula is C8H6ClNO2. The number of para-hydroxylation sites is 1. The average Bonchev–Trinajstić information content (AvgIpc) is 2.07. The molecule has 0 heterocycles. The van der Waals surface area contributed by atoms with Gasteiger partial charge in [-0.25, -0.2) is 4.90 Å². The molecule has 1 rings (SSSR count). The molecule has 0 aliphatic heterocycles. The van der Waals surface area contributed by atoms with Gasteiger partial charge in [0.05, 0.1) is 5.69 Å². The fraction of sp³-hybridized carbons (Fsp3) is 0. The minimum absolute atomic E-state index is 0.380. The Morgan fingerprint density at radius 1 is 1.33 bits per heavy atom. The van der Waals surface area contributed by atoms with Crippen LogP contribution in [0.4, 0.5) is 10.5 Å². The van der Waals surface area contributed by atoms with Gasteiger partial charge in [-0.3, -0.25) is 9.59 Å². The van der Waals surface area contributed by atoms with Crippen LogP contribution >= 0.6 is 11.6 Å². The highest BCUT2D eigenvalue weighted by atomic mass is 35.5. The lowest BCUT2D eigenvalue weighted by molar-refractivity contribution is -0.106. The zero-order valence-electron chi connectivity index (χ0n) is 6.11. The van der Waals surface area contributed by atoms with Crippen LogP contribution in [0.3, 0.4) is 0 Å². The van der Waals surface area contributed by atoms with E-state index in [-0.39, 0.29) is 0 Å². The Labute approximate surface area is 74.5 Å². The molecule has 0 fully saturated rings. The molecule has 1 aromatic carbocycles. The van der Waals surface area contributed by atoms with E-state index in [0.717, 1.165) is 4.90 Å². The van der Waals surface area contributed by atoms with Crippen molar-refractivity contribution in [3.8, 4) is 0 Å². The molecule has 4 heteroatoms. The molecule has 0 aromatic heterocycles. The molecule has 0 radical (unpaired) electrons. The number of carbonyl (C=O) groups is 2. The Kier molecular flexibility index (Phi) is 2.82. The lowest BCUT2D eigenvalue weighted by Gasteiger charge is -2.09. The summed E-state index contributed by atoms with van der Waals surface area (Å²) in [5.74, 6) is 0. The third-order valence-electron chi connectivity index (χ3n) is 1.33. The maximum Gasteiger partial charge on any atom is 0.327 e. The smallest absolute Gasteiger partial charge is 0.278 e. The topological polar surface area (TPSA) is 37.4 Å². The fourth-order valence-electron chi connectivity index (χ4n) is 0.792. The van der Waals surface area contributed by atoms with Gasteiger partial charge in [-0.2, -0.15) is 0 Å². The molecule has 62 valence electrons. The molecule has 0 saturated carbocycles. The molecule has 12 heavy (non-hydrogen) atoms. The van der Waals surface area contributed by atoms with Crippen LogP contribution < -0.4 is 4.90 Å². The summed E-state index contributed by atoms with van der Waals surface area (Å²) in [4.78, 5) is 21.8. The Morgan fingerprint density at radius 2 is 1.92 bits per heavy atom. The Hall–Kier alpha value is -1.35. The van der Waals surface area contributed by atoms with Crippen molar-refractivity contribution in [3.63, 3.8) is 0 Å². The van der Waals surface area contributed by atoms with Crippen molar-refractivity contribution >= 4 is 29.1 Å². The second-order valence-corrected chi connectivity index (χ2v) is 2.39. The summed E-state index contributed by atoms with van der Waals surface area (Å²) >= 11 is 5.13. The van der Waals surface area contributed by atoms with Gasteiger partial charge in [0, 0.05) is 0 Å². The van der Waals surface area contributed by atoms with Gasteiger partial charge in [0.25, 0.3) is 0 Å². The van der Waals surface area contributed by atoms with Crippen LogP contribution in [0.25, 0.3) is 0 Å². The summed E-state index contributed by atoms with van der Waals surface area (Å²) in [7, 11) is 0. The van der Waals surface area contributed by atoms with Gasteiger partial charge in [-0.05, 0) is 23.7 Å². The third-order valence-corrected chi connectivity index (χ3v) is 1.51. The Morgan fingerprint density at radius 3 is 2.33 bits per heavy atom. The van der Waals surface area contributed by atoms with E-state index in [2.05, 4.69) is 0 Å². The minimum Gasteiger partial charge on any atom is -0.278 e. The van der Waals surface area contributed by atoms with Crippen LogP contribution in [0.1, 0.15) is 0 Å². The maximum absolute atomic E-state index is 10.6. The van der Waals surface area contributed by atoms with Crippen molar-refractivity contribution in [2.45, 2.75) is 0 Å². The van der Waals surface area contributed by atoms with Crippen LogP contribution in [0.2, 0.25) is 0 Å². The monoisotopic (exact) mass is 183 g/mol. The van der Waals surface area contributed by atoms with Gasteiger partial charge < -0.3 is 0 Å². The zero-order chi connectivity index (χ0) is 8.97. The fourth-order valence-corrected chi connectivity index (χ4v) is 0.930.